The first-order valence-electron chi connectivity index (χ1n) is 6.66. The summed E-state index contributed by atoms with van der Waals surface area (Å²) in [6, 6.07) is 9.68. The van der Waals surface area contributed by atoms with Crippen LogP contribution >= 0.6 is 0 Å². The van der Waals surface area contributed by atoms with Gasteiger partial charge in [0.25, 0.3) is 5.91 Å². The van der Waals surface area contributed by atoms with Crippen molar-refractivity contribution >= 4 is 5.91 Å². The zero-order valence-electron chi connectivity index (χ0n) is 11.9. The van der Waals surface area contributed by atoms with E-state index >= 15 is 0 Å². The molecule has 1 N–H and O–H groups in total. The minimum Gasteiger partial charge on any atom is -0.484 e. The minimum absolute atomic E-state index is 0.0871. The Morgan fingerprint density at radius 3 is 2.17 bits per heavy atom. The largest absolute Gasteiger partial charge is 0.484 e. The summed E-state index contributed by atoms with van der Waals surface area (Å²) in [7, 11) is 0. The topological polar surface area (TPSA) is 38.3 Å². The van der Waals surface area contributed by atoms with Gasteiger partial charge in [0.1, 0.15) is 11.6 Å². The zero-order chi connectivity index (χ0) is 16.9. The molecule has 0 fully saturated rings. The Morgan fingerprint density at radius 1 is 1.00 bits per heavy atom. The van der Waals surface area contributed by atoms with Crippen molar-refractivity contribution < 1.29 is 27.1 Å². The van der Waals surface area contributed by atoms with Gasteiger partial charge in [0.05, 0.1) is 5.56 Å². The van der Waals surface area contributed by atoms with E-state index < -0.39 is 23.5 Å². The van der Waals surface area contributed by atoms with Gasteiger partial charge in [-0.3, -0.25) is 4.79 Å². The van der Waals surface area contributed by atoms with Crippen LogP contribution in [0.4, 0.5) is 17.6 Å². The molecule has 0 spiro atoms. The molecule has 7 heteroatoms. The lowest BCUT2D eigenvalue weighted by Crippen LogP contribution is -2.28. The van der Waals surface area contributed by atoms with Gasteiger partial charge in [-0.05, 0) is 42.0 Å². The van der Waals surface area contributed by atoms with Gasteiger partial charge in [0.15, 0.2) is 6.61 Å². The highest BCUT2D eigenvalue weighted by atomic mass is 19.4. The Labute approximate surface area is 129 Å². The summed E-state index contributed by atoms with van der Waals surface area (Å²) in [6.45, 7) is -0.185. The van der Waals surface area contributed by atoms with Crippen molar-refractivity contribution in [2.24, 2.45) is 0 Å². The van der Waals surface area contributed by atoms with Crippen molar-refractivity contribution in [3.05, 3.63) is 65.5 Å². The van der Waals surface area contributed by atoms with E-state index in [-0.39, 0.29) is 13.2 Å². The fourth-order valence-electron chi connectivity index (χ4n) is 1.74. The molecule has 0 bridgehead atoms. The quantitative estimate of drug-likeness (QED) is 0.853. The number of alkyl halides is 3. The van der Waals surface area contributed by atoms with Crippen LogP contribution in [0.5, 0.6) is 5.75 Å². The lowest BCUT2D eigenvalue weighted by molar-refractivity contribution is -0.137. The first kappa shape index (κ1) is 16.8. The summed E-state index contributed by atoms with van der Waals surface area (Å²) < 4.78 is 55.1. The predicted molar refractivity (Wildman–Crippen MR) is 75.2 cm³/mol. The first-order chi connectivity index (χ1) is 10.8. The molecule has 0 aromatic heterocycles. The number of halogens is 4. The van der Waals surface area contributed by atoms with E-state index in [0.717, 1.165) is 12.1 Å². The average molecular weight is 327 g/mol. The highest BCUT2D eigenvalue weighted by Crippen LogP contribution is 2.29. The summed E-state index contributed by atoms with van der Waals surface area (Å²) in [4.78, 5) is 11.6. The van der Waals surface area contributed by atoms with E-state index in [4.69, 9.17) is 4.74 Å². The van der Waals surface area contributed by atoms with E-state index in [9.17, 15) is 22.4 Å². The maximum atomic E-state index is 12.7. The lowest BCUT2D eigenvalue weighted by Gasteiger charge is -2.09. The second-order valence-electron chi connectivity index (χ2n) is 4.71. The third-order valence-electron chi connectivity index (χ3n) is 2.95. The molecule has 2 aromatic rings. The fraction of sp³-hybridized carbons (Fsp3) is 0.188. The van der Waals surface area contributed by atoms with Crippen LogP contribution in [0.1, 0.15) is 11.1 Å². The maximum Gasteiger partial charge on any atom is 0.416 e. The number of ether oxygens (including phenoxy) is 1. The highest BCUT2D eigenvalue weighted by molar-refractivity contribution is 5.77. The predicted octanol–water partition coefficient (Wildman–Crippen LogP) is 3.54. The maximum absolute atomic E-state index is 12.7. The molecule has 23 heavy (non-hydrogen) atoms. The Hall–Kier alpha value is -2.57. The van der Waals surface area contributed by atoms with Crippen molar-refractivity contribution in [1.82, 2.24) is 5.32 Å². The molecule has 1 amide bonds. The lowest BCUT2D eigenvalue weighted by atomic mass is 10.1. The van der Waals surface area contributed by atoms with Gasteiger partial charge in [-0.1, -0.05) is 12.1 Å². The van der Waals surface area contributed by atoms with Gasteiger partial charge in [-0.15, -0.1) is 0 Å². The van der Waals surface area contributed by atoms with Gasteiger partial charge >= 0.3 is 6.18 Å². The van der Waals surface area contributed by atoms with Crippen molar-refractivity contribution in [3.8, 4) is 5.75 Å². The van der Waals surface area contributed by atoms with Crippen molar-refractivity contribution in [3.63, 3.8) is 0 Å². The molecule has 0 saturated carbocycles. The molecule has 0 atom stereocenters. The van der Waals surface area contributed by atoms with E-state index in [1.54, 1.807) is 0 Å². The Balaban J connectivity index is 1.79. The molecular formula is C16H13F4NO2. The normalized spacial score (nSPS) is 11.1. The number of carbonyl (C=O) groups is 1. The number of hydrogen-bond acceptors (Lipinski definition) is 2. The molecule has 0 saturated heterocycles. The SMILES string of the molecule is O=C(COc1ccc(F)cc1)NCc1ccc(C(F)(F)F)cc1. The molecule has 122 valence electrons. The van der Waals surface area contributed by atoms with Crippen LogP contribution < -0.4 is 10.1 Å². The van der Waals surface area contributed by atoms with Crippen molar-refractivity contribution in [1.29, 1.82) is 0 Å². The number of hydrogen-bond donors (Lipinski definition) is 1. The Kier molecular flexibility index (Phi) is 5.20. The van der Waals surface area contributed by atoms with Gasteiger partial charge < -0.3 is 10.1 Å². The smallest absolute Gasteiger partial charge is 0.416 e. The number of carbonyl (C=O) groups excluding carboxylic acids is 1. The van der Waals surface area contributed by atoms with Crippen molar-refractivity contribution in [2.45, 2.75) is 12.7 Å². The van der Waals surface area contributed by atoms with Gasteiger partial charge in [-0.25, -0.2) is 4.39 Å². The molecular weight excluding hydrogens is 314 g/mol. The molecule has 0 aliphatic rings. The second-order valence-corrected chi connectivity index (χ2v) is 4.71. The fourth-order valence-corrected chi connectivity index (χ4v) is 1.74. The highest BCUT2D eigenvalue weighted by Gasteiger charge is 2.29. The Bertz CT molecular complexity index is 651. The third kappa shape index (κ3) is 5.28. The van der Waals surface area contributed by atoms with Crippen LogP contribution in [0.25, 0.3) is 0 Å². The van der Waals surface area contributed by atoms with E-state index in [0.29, 0.717) is 11.3 Å². The molecule has 0 radical (unpaired) electrons. The number of benzene rings is 2. The van der Waals surface area contributed by atoms with Crippen LogP contribution in [-0.4, -0.2) is 12.5 Å². The van der Waals surface area contributed by atoms with Gasteiger partial charge in [-0.2, -0.15) is 13.2 Å². The summed E-state index contributed by atoms with van der Waals surface area (Å²) in [5, 5.41) is 2.52. The molecule has 0 aliphatic heterocycles. The molecule has 0 heterocycles. The molecule has 0 unspecified atom stereocenters. The standard InChI is InChI=1S/C16H13F4NO2/c17-13-5-7-14(8-6-13)23-10-15(22)21-9-11-1-3-12(4-2-11)16(18,19)20/h1-8H,9-10H2,(H,21,22). The van der Waals surface area contributed by atoms with Gasteiger partial charge in [0.2, 0.25) is 0 Å². The second kappa shape index (κ2) is 7.13. The third-order valence-corrected chi connectivity index (χ3v) is 2.95. The van der Waals surface area contributed by atoms with Crippen LogP contribution in [-0.2, 0) is 17.5 Å². The monoisotopic (exact) mass is 327 g/mol. The number of nitrogens with one attached hydrogen (secondary N) is 1. The molecule has 2 aromatic carbocycles. The zero-order valence-corrected chi connectivity index (χ0v) is 11.9. The van der Waals surface area contributed by atoms with E-state index in [1.807, 2.05) is 0 Å². The van der Waals surface area contributed by atoms with E-state index in [2.05, 4.69) is 5.32 Å². The number of amides is 1. The Morgan fingerprint density at radius 2 is 1.61 bits per heavy atom. The first-order valence-corrected chi connectivity index (χ1v) is 6.66. The number of rotatable bonds is 5. The van der Waals surface area contributed by atoms with Crippen LogP contribution in [0.2, 0.25) is 0 Å². The van der Waals surface area contributed by atoms with Gasteiger partial charge in [0, 0.05) is 6.54 Å². The van der Waals surface area contributed by atoms with Crippen LogP contribution in [0.15, 0.2) is 48.5 Å². The summed E-state index contributed by atoms with van der Waals surface area (Å²) in [5.41, 5.74) is -0.208. The summed E-state index contributed by atoms with van der Waals surface area (Å²) >= 11 is 0. The summed E-state index contributed by atoms with van der Waals surface area (Å²) in [6.07, 6.45) is -4.38. The average Bonchev–Trinajstić information content (AvgIpc) is 2.52. The minimum atomic E-state index is -4.38. The molecule has 3 nitrogen and oxygen atoms in total. The summed E-state index contributed by atoms with van der Waals surface area (Å²) in [5.74, 6) is -0.505. The van der Waals surface area contributed by atoms with Crippen LogP contribution in [0, 0.1) is 5.82 Å². The van der Waals surface area contributed by atoms with Crippen LogP contribution in [0.3, 0.4) is 0 Å². The van der Waals surface area contributed by atoms with Crippen molar-refractivity contribution in [2.75, 3.05) is 6.61 Å². The van der Waals surface area contributed by atoms with E-state index in [1.165, 1.54) is 36.4 Å². The molecule has 2 rings (SSSR count). The molecule has 0 aliphatic carbocycles.